The Morgan fingerprint density at radius 2 is 1.88 bits per heavy atom. The zero-order chi connectivity index (χ0) is 18.4. The van der Waals surface area contributed by atoms with Gasteiger partial charge in [0.1, 0.15) is 23.6 Å². The molecule has 0 fully saturated rings. The molecule has 132 valence electrons. The highest BCUT2D eigenvalue weighted by atomic mass is 35.5. The number of halogens is 1. The summed E-state index contributed by atoms with van der Waals surface area (Å²) in [6, 6.07) is 16.3. The van der Waals surface area contributed by atoms with Crippen LogP contribution in [-0.4, -0.2) is 23.0 Å². The third-order valence-electron chi connectivity index (χ3n) is 3.65. The molecule has 26 heavy (non-hydrogen) atoms. The van der Waals surface area contributed by atoms with Crippen LogP contribution in [0.4, 0.5) is 11.5 Å². The number of carbonyl (C=O) groups excluding carboxylic acids is 1. The van der Waals surface area contributed by atoms with Gasteiger partial charge in [-0.05, 0) is 30.3 Å². The molecule has 1 aromatic heterocycles. The van der Waals surface area contributed by atoms with E-state index in [9.17, 15) is 4.79 Å². The average Bonchev–Trinajstić information content (AvgIpc) is 2.68. The van der Waals surface area contributed by atoms with Crippen molar-refractivity contribution in [1.29, 1.82) is 0 Å². The first-order valence-corrected chi connectivity index (χ1v) is 8.28. The van der Waals surface area contributed by atoms with Crippen molar-refractivity contribution in [3.63, 3.8) is 0 Å². The van der Waals surface area contributed by atoms with Gasteiger partial charge in [-0.15, -0.1) is 0 Å². The van der Waals surface area contributed by atoms with E-state index in [-0.39, 0.29) is 11.6 Å². The first-order chi connectivity index (χ1) is 12.7. The Kier molecular flexibility index (Phi) is 5.66. The van der Waals surface area contributed by atoms with Crippen LogP contribution in [0.1, 0.15) is 16.1 Å². The minimum atomic E-state index is -0.294. The highest BCUT2D eigenvalue weighted by molar-refractivity contribution is 6.30. The maximum atomic E-state index is 12.4. The molecule has 0 bridgehead atoms. The standard InChI is InChI=1S/C19H17ClN4O2/c1-26-17-5-3-2-4-13(17)11-21-19(25)16-10-18(23-12-22-16)24-15-8-6-14(20)7-9-15/h2-10,12H,11H2,1H3,(H,21,25)(H,22,23,24). The summed E-state index contributed by atoms with van der Waals surface area (Å²) in [5.41, 5.74) is 1.97. The lowest BCUT2D eigenvalue weighted by Gasteiger charge is -2.10. The SMILES string of the molecule is COc1ccccc1CNC(=O)c1cc(Nc2ccc(Cl)cc2)ncn1. The highest BCUT2D eigenvalue weighted by Gasteiger charge is 2.10. The van der Waals surface area contributed by atoms with Crippen LogP contribution in [0, 0.1) is 0 Å². The molecule has 0 aliphatic rings. The third-order valence-corrected chi connectivity index (χ3v) is 3.90. The van der Waals surface area contributed by atoms with Crippen LogP contribution in [0.15, 0.2) is 60.9 Å². The van der Waals surface area contributed by atoms with E-state index in [1.165, 1.54) is 6.33 Å². The quantitative estimate of drug-likeness (QED) is 0.691. The van der Waals surface area contributed by atoms with Gasteiger partial charge in [0.15, 0.2) is 0 Å². The van der Waals surface area contributed by atoms with Gasteiger partial charge in [-0.1, -0.05) is 29.8 Å². The summed E-state index contributed by atoms with van der Waals surface area (Å²) in [6.45, 7) is 0.340. The van der Waals surface area contributed by atoms with E-state index in [4.69, 9.17) is 16.3 Å². The number of anilines is 2. The molecule has 0 atom stereocenters. The van der Waals surface area contributed by atoms with Crippen molar-refractivity contribution >= 4 is 29.0 Å². The van der Waals surface area contributed by atoms with E-state index in [0.717, 1.165) is 17.0 Å². The van der Waals surface area contributed by atoms with E-state index in [2.05, 4.69) is 20.6 Å². The number of nitrogens with zero attached hydrogens (tertiary/aromatic N) is 2. The van der Waals surface area contributed by atoms with Gasteiger partial charge in [0, 0.05) is 28.9 Å². The lowest BCUT2D eigenvalue weighted by Crippen LogP contribution is -2.24. The van der Waals surface area contributed by atoms with Gasteiger partial charge in [-0.3, -0.25) is 4.79 Å². The Morgan fingerprint density at radius 3 is 2.65 bits per heavy atom. The van der Waals surface area contributed by atoms with E-state index >= 15 is 0 Å². The van der Waals surface area contributed by atoms with E-state index in [0.29, 0.717) is 17.4 Å². The lowest BCUT2D eigenvalue weighted by molar-refractivity contribution is 0.0945. The minimum absolute atomic E-state index is 0.270. The molecule has 0 radical (unpaired) electrons. The number of nitrogens with one attached hydrogen (secondary N) is 2. The highest BCUT2D eigenvalue weighted by Crippen LogP contribution is 2.18. The van der Waals surface area contributed by atoms with Crippen molar-refractivity contribution in [2.45, 2.75) is 6.54 Å². The van der Waals surface area contributed by atoms with Gasteiger partial charge in [0.2, 0.25) is 0 Å². The number of methoxy groups -OCH3 is 1. The second kappa shape index (κ2) is 8.31. The Bertz CT molecular complexity index is 900. The van der Waals surface area contributed by atoms with Crippen LogP contribution < -0.4 is 15.4 Å². The fourth-order valence-corrected chi connectivity index (χ4v) is 2.47. The van der Waals surface area contributed by atoms with Crippen molar-refractivity contribution in [3.8, 4) is 5.75 Å². The molecule has 7 heteroatoms. The zero-order valence-corrected chi connectivity index (χ0v) is 14.8. The number of ether oxygens (including phenoxy) is 1. The minimum Gasteiger partial charge on any atom is -0.496 e. The molecule has 0 saturated heterocycles. The van der Waals surface area contributed by atoms with Crippen molar-refractivity contribution < 1.29 is 9.53 Å². The molecule has 0 unspecified atom stereocenters. The molecule has 3 rings (SSSR count). The summed E-state index contributed by atoms with van der Waals surface area (Å²) in [6.07, 6.45) is 1.34. The number of benzene rings is 2. The first kappa shape index (κ1) is 17.7. The van der Waals surface area contributed by atoms with Crippen LogP contribution in [0.3, 0.4) is 0 Å². The molecule has 0 spiro atoms. The monoisotopic (exact) mass is 368 g/mol. The Labute approximate surface area is 156 Å². The number of hydrogen-bond acceptors (Lipinski definition) is 5. The molecular formula is C19H17ClN4O2. The maximum Gasteiger partial charge on any atom is 0.270 e. The number of carbonyl (C=O) groups is 1. The van der Waals surface area contributed by atoms with Crippen molar-refractivity contribution in [2.24, 2.45) is 0 Å². The molecule has 2 aromatic carbocycles. The van der Waals surface area contributed by atoms with E-state index < -0.39 is 0 Å². The average molecular weight is 369 g/mol. The number of hydrogen-bond donors (Lipinski definition) is 2. The van der Waals surface area contributed by atoms with Crippen LogP contribution in [0.5, 0.6) is 5.75 Å². The van der Waals surface area contributed by atoms with Gasteiger partial charge in [0.05, 0.1) is 7.11 Å². The Hall–Kier alpha value is -3.12. The summed E-state index contributed by atoms with van der Waals surface area (Å²) in [5.74, 6) is 0.947. The summed E-state index contributed by atoms with van der Waals surface area (Å²) < 4.78 is 5.28. The molecule has 0 saturated carbocycles. The first-order valence-electron chi connectivity index (χ1n) is 7.90. The van der Waals surface area contributed by atoms with Crippen LogP contribution in [0.25, 0.3) is 0 Å². The van der Waals surface area contributed by atoms with Gasteiger partial charge >= 0.3 is 0 Å². The molecular weight excluding hydrogens is 352 g/mol. The predicted molar refractivity (Wildman–Crippen MR) is 101 cm³/mol. The fraction of sp³-hybridized carbons (Fsp3) is 0.105. The smallest absolute Gasteiger partial charge is 0.270 e. The largest absolute Gasteiger partial charge is 0.496 e. The zero-order valence-electron chi connectivity index (χ0n) is 14.1. The van der Waals surface area contributed by atoms with E-state index in [1.54, 1.807) is 25.3 Å². The maximum absolute atomic E-state index is 12.4. The molecule has 1 amide bonds. The lowest BCUT2D eigenvalue weighted by atomic mass is 10.2. The number of aromatic nitrogens is 2. The molecule has 3 aromatic rings. The van der Waals surface area contributed by atoms with Crippen molar-refractivity contribution in [1.82, 2.24) is 15.3 Å². The third kappa shape index (κ3) is 4.49. The Morgan fingerprint density at radius 1 is 1.12 bits per heavy atom. The normalized spacial score (nSPS) is 10.2. The van der Waals surface area contributed by atoms with Gasteiger partial charge < -0.3 is 15.4 Å². The van der Waals surface area contributed by atoms with Crippen LogP contribution >= 0.6 is 11.6 Å². The Balaban J connectivity index is 1.67. The molecule has 1 heterocycles. The molecule has 0 aliphatic carbocycles. The summed E-state index contributed by atoms with van der Waals surface area (Å²) in [4.78, 5) is 20.5. The second-order valence-electron chi connectivity index (χ2n) is 5.41. The predicted octanol–water partition coefficient (Wildman–Crippen LogP) is 3.81. The van der Waals surface area contributed by atoms with Crippen molar-refractivity contribution in [2.75, 3.05) is 12.4 Å². The second-order valence-corrected chi connectivity index (χ2v) is 5.85. The summed E-state index contributed by atoms with van der Waals surface area (Å²) in [5, 5.41) is 6.59. The number of para-hydroxylation sites is 1. The molecule has 6 nitrogen and oxygen atoms in total. The molecule has 0 aliphatic heterocycles. The van der Waals surface area contributed by atoms with Crippen LogP contribution in [-0.2, 0) is 6.54 Å². The van der Waals surface area contributed by atoms with Gasteiger partial charge in [-0.25, -0.2) is 9.97 Å². The van der Waals surface area contributed by atoms with Crippen molar-refractivity contribution in [3.05, 3.63) is 77.2 Å². The molecule has 2 N–H and O–H groups in total. The summed E-state index contributed by atoms with van der Waals surface area (Å²) >= 11 is 5.87. The van der Waals surface area contributed by atoms with E-state index in [1.807, 2.05) is 36.4 Å². The van der Waals surface area contributed by atoms with Gasteiger partial charge in [0.25, 0.3) is 5.91 Å². The number of rotatable bonds is 6. The fourth-order valence-electron chi connectivity index (χ4n) is 2.35. The summed E-state index contributed by atoms with van der Waals surface area (Å²) in [7, 11) is 1.60. The van der Waals surface area contributed by atoms with Crippen LogP contribution in [0.2, 0.25) is 5.02 Å². The van der Waals surface area contributed by atoms with Gasteiger partial charge in [-0.2, -0.15) is 0 Å². The number of amides is 1. The topological polar surface area (TPSA) is 76.1 Å².